The lowest BCUT2D eigenvalue weighted by atomic mass is 9.84. The number of aromatic nitrogens is 3. The highest BCUT2D eigenvalue weighted by atomic mass is 16.2. The fourth-order valence-corrected chi connectivity index (χ4v) is 3.96. The molecule has 1 saturated carbocycles. The molecule has 2 heterocycles. The topological polar surface area (TPSA) is 92.2 Å². The standard InChI is InChI=1S/C17H28N6O2/c1-22(2)16(25)17(7-3-4-8-17)12-19-15(24)14-11-23(21-20-14)13-5-9-18-10-6-13/h11,13,18H,3-10,12H2,1-2H3,(H,19,24). The predicted molar refractivity (Wildman–Crippen MR) is 93.1 cm³/mol. The zero-order valence-corrected chi connectivity index (χ0v) is 15.1. The first-order chi connectivity index (χ1) is 12.0. The average Bonchev–Trinajstić information content (AvgIpc) is 3.30. The third-order valence-corrected chi connectivity index (χ3v) is 5.43. The Labute approximate surface area is 148 Å². The molecule has 138 valence electrons. The van der Waals surface area contributed by atoms with Crippen LogP contribution in [0.4, 0.5) is 0 Å². The molecule has 1 aliphatic heterocycles. The van der Waals surface area contributed by atoms with Crippen LogP contribution in [0.3, 0.4) is 0 Å². The minimum absolute atomic E-state index is 0.101. The second-order valence-corrected chi connectivity index (χ2v) is 7.43. The van der Waals surface area contributed by atoms with Gasteiger partial charge < -0.3 is 15.5 Å². The first kappa shape index (κ1) is 17.8. The van der Waals surface area contributed by atoms with Crippen molar-refractivity contribution in [2.75, 3.05) is 33.7 Å². The summed E-state index contributed by atoms with van der Waals surface area (Å²) in [6.45, 7) is 2.28. The number of piperidine rings is 1. The number of nitrogens with zero attached hydrogens (tertiary/aromatic N) is 4. The predicted octanol–water partition coefficient (Wildman–Crippen LogP) is 0.581. The van der Waals surface area contributed by atoms with Crippen LogP contribution >= 0.6 is 0 Å². The number of amides is 2. The van der Waals surface area contributed by atoms with Crippen molar-refractivity contribution < 1.29 is 9.59 Å². The molecule has 0 radical (unpaired) electrons. The van der Waals surface area contributed by atoms with Crippen molar-refractivity contribution in [3.05, 3.63) is 11.9 Å². The lowest BCUT2D eigenvalue weighted by Gasteiger charge is -2.30. The van der Waals surface area contributed by atoms with Gasteiger partial charge in [-0.15, -0.1) is 5.10 Å². The van der Waals surface area contributed by atoms with E-state index in [1.54, 1.807) is 29.9 Å². The fraction of sp³-hybridized carbons (Fsp3) is 0.765. The van der Waals surface area contributed by atoms with Gasteiger partial charge in [0.15, 0.2) is 5.69 Å². The number of nitrogens with one attached hydrogen (secondary N) is 2. The molecule has 1 aromatic rings. The summed E-state index contributed by atoms with van der Waals surface area (Å²) in [7, 11) is 3.55. The summed E-state index contributed by atoms with van der Waals surface area (Å²) < 4.78 is 1.80. The first-order valence-corrected chi connectivity index (χ1v) is 9.14. The van der Waals surface area contributed by atoms with E-state index in [0.717, 1.165) is 51.6 Å². The van der Waals surface area contributed by atoms with E-state index >= 15 is 0 Å². The van der Waals surface area contributed by atoms with E-state index in [4.69, 9.17) is 0 Å². The summed E-state index contributed by atoms with van der Waals surface area (Å²) in [5.74, 6) is -0.151. The second-order valence-electron chi connectivity index (χ2n) is 7.43. The zero-order chi connectivity index (χ0) is 17.9. The maximum absolute atomic E-state index is 12.6. The Kier molecular flexibility index (Phi) is 5.36. The normalized spacial score (nSPS) is 20.4. The van der Waals surface area contributed by atoms with E-state index in [2.05, 4.69) is 20.9 Å². The zero-order valence-electron chi connectivity index (χ0n) is 15.1. The van der Waals surface area contributed by atoms with Crippen molar-refractivity contribution in [2.45, 2.75) is 44.6 Å². The van der Waals surface area contributed by atoms with Crippen LogP contribution in [-0.2, 0) is 4.79 Å². The van der Waals surface area contributed by atoms with Crippen LogP contribution in [0.15, 0.2) is 6.20 Å². The van der Waals surface area contributed by atoms with E-state index in [1.165, 1.54) is 0 Å². The van der Waals surface area contributed by atoms with Crippen molar-refractivity contribution in [3.8, 4) is 0 Å². The maximum Gasteiger partial charge on any atom is 0.273 e. The van der Waals surface area contributed by atoms with E-state index in [1.807, 2.05) is 0 Å². The van der Waals surface area contributed by atoms with Crippen molar-refractivity contribution >= 4 is 11.8 Å². The van der Waals surface area contributed by atoms with E-state index in [-0.39, 0.29) is 11.8 Å². The van der Waals surface area contributed by atoms with Gasteiger partial charge in [-0.25, -0.2) is 4.68 Å². The van der Waals surface area contributed by atoms with Crippen LogP contribution < -0.4 is 10.6 Å². The Morgan fingerprint density at radius 1 is 1.32 bits per heavy atom. The molecule has 8 nitrogen and oxygen atoms in total. The highest BCUT2D eigenvalue weighted by molar-refractivity contribution is 5.92. The van der Waals surface area contributed by atoms with Gasteiger partial charge in [0.05, 0.1) is 17.7 Å². The van der Waals surface area contributed by atoms with E-state index < -0.39 is 5.41 Å². The Hall–Kier alpha value is -1.96. The van der Waals surface area contributed by atoms with Crippen LogP contribution in [0.5, 0.6) is 0 Å². The van der Waals surface area contributed by atoms with Crippen LogP contribution in [0, 0.1) is 5.41 Å². The molecule has 1 aliphatic carbocycles. The largest absolute Gasteiger partial charge is 0.350 e. The first-order valence-electron chi connectivity index (χ1n) is 9.14. The molecule has 3 rings (SSSR count). The molecule has 1 aromatic heterocycles. The number of hydrogen-bond donors (Lipinski definition) is 2. The summed E-state index contributed by atoms with van der Waals surface area (Å²) in [6, 6.07) is 0.298. The molecule has 0 bridgehead atoms. The molecule has 2 amide bonds. The molecular formula is C17H28N6O2. The smallest absolute Gasteiger partial charge is 0.273 e. The third-order valence-electron chi connectivity index (χ3n) is 5.43. The van der Waals surface area contributed by atoms with Crippen molar-refractivity contribution in [1.29, 1.82) is 0 Å². The van der Waals surface area contributed by atoms with Gasteiger partial charge in [-0.05, 0) is 38.8 Å². The summed E-state index contributed by atoms with van der Waals surface area (Å²) >= 11 is 0. The van der Waals surface area contributed by atoms with Gasteiger partial charge in [0.25, 0.3) is 5.91 Å². The molecule has 8 heteroatoms. The number of carbonyl (C=O) groups excluding carboxylic acids is 2. The van der Waals surface area contributed by atoms with Crippen molar-refractivity contribution in [3.63, 3.8) is 0 Å². The molecule has 0 unspecified atom stereocenters. The Bertz CT molecular complexity index is 614. The van der Waals surface area contributed by atoms with Crippen molar-refractivity contribution in [2.24, 2.45) is 5.41 Å². The highest BCUT2D eigenvalue weighted by Crippen LogP contribution is 2.38. The Morgan fingerprint density at radius 2 is 2.00 bits per heavy atom. The van der Waals surface area contributed by atoms with E-state index in [9.17, 15) is 9.59 Å². The molecule has 0 aromatic carbocycles. The third kappa shape index (κ3) is 3.84. The second kappa shape index (κ2) is 7.51. The molecule has 1 saturated heterocycles. The van der Waals surface area contributed by atoms with E-state index in [0.29, 0.717) is 18.3 Å². The van der Waals surface area contributed by atoms with Crippen LogP contribution in [-0.4, -0.2) is 65.4 Å². The van der Waals surface area contributed by atoms with Gasteiger partial charge in [-0.1, -0.05) is 18.1 Å². The van der Waals surface area contributed by atoms with Gasteiger partial charge >= 0.3 is 0 Å². The van der Waals surface area contributed by atoms with Gasteiger partial charge in [-0.3, -0.25) is 9.59 Å². The van der Waals surface area contributed by atoms with Gasteiger partial charge in [0, 0.05) is 20.6 Å². The van der Waals surface area contributed by atoms with Gasteiger partial charge in [0.2, 0.25) is 5.91 Å². The lowest BCUT2D eigenvalue weighted by Crippen LogP contribution is -2.46. The Balaban J connectivity index is 1.62. The summed E-state index contributed by atoms with van der Waals surface area (Å²) in [5.41, 5.74) is -0.145. The monoisotopic (exact) mass is 348 g/mol. The molecule has 0 atom stereocenters. The molecule has 0 spiro atoms. The minimum atomic E-state index is -0.468. The number of hydrogen-bond acceptors (Lipinski definition) is 5. The van der Waals surface area contributed by atoms with Crippen LogP contribution in [0.2, 0.25) is 0 Å². The molecule has 25 heavy (non-hydrogen) atoms. The Morgan fingerprint density at radius 3 is 2.64 bits per heavy atom. The summed E-state index contributed by atoms with van der Waals surface area (Å²) in [4.78, 5) is 26.7. The van der Waals surface area contributed by atoms with Crippen LogP contribution in [0.1, 0.15) is 55.1 Å². The number of rotatable bonds is 5. The SMILES string of the molecule is CN(C)C(=O)C1(CNC(=O)c2cn(C3CCNCC3)nn2)CCCC1. The number of carbonyl (C=O) groups is 2. The van der Waals surface area contributed by atoms with Crippen LogP contribution in [0.25, 0.3) is 0 Å². The van der Waals surface area contributed by atoms with Crippen molar-refractivity contribution in [1.82, 2.24) is 30.5 Å². The summed E-state index contributed by atoms with van der Waals surface area (Å²) in [6.07, 6.45) is 7.41. The lowest BCUT2D eigenvalue weighted by molar-refractivity contribution is -0.138. The van der Waals surface area contributed by atoms with Gasteiger partial charge in [0.1, 0.15) is 0 Å². The quantitative estimate of drug-likeness (QED) is 0.812. The van der Waals surface area contributed by atoms with Gasteiger partial charge in [-0.2, -0.15) is 0 Å². The molecule has 2 N–H and O–H groups in total. The average molecular weight is 348 g/mol. The summed E-state index contributed by atoms with van der Waals surface area (Å²) in [5, 5.41) is 14.4. The fourth-order valence-electron chi connectivity index (χ4n) is 3.96. The minimum Gasteiger partial charge on any atom is -0.350 e. The maximum atomic E-state index is 12.6. The highest BCUT2D eigenvalue weighted by Gasteiger charge is 2.42. The molecule has 2 fully saturated rings. The molecule has 2 aliphatic rings. The molecular weight excluding hydrogens is 320 g/mol.